The van der Waals surface area contributed by atoms with Crippen LogP contribution in [0.5, 0.6) is 5.75 Å². The minimum Gasteiger partial charge on any atom is -0.481 e. The maximum absolute atomic E-state index is 12.4. The summed E-state index contributed by atoms with van der Waals surface area (Å²) in [6.45, 7) is -0.254. The number of nitrogens with one attached hydrogen (secondary N) is 1. The maximum Gasteiger partial charge on any atom is 0.343 e. The summed E-state index contributed by atoms with van der Waals surface area (Å²) in [5, 5.41) is 5.95. The van der Waals surface area contributed by atoms with Crippen LogP contribution in [0.3, 0.4) is 0 Å². The molecule has 6 nitrogen and oxygen atoms in total. The number of halogens is 1. The van der Waals surface area contributed by atoms with Gasteiger partial charge in [0, 0.05) is 27.7 Å². The van der Waals surface area contributed by atoms with E-state index in [1.807, 2.05) is 23.6 Å². The number of hydrogen-bond acceptors (Lipinski definition) is 6. The van der Waals surface area contributed by atoms with Crippen molar-refractivity contribution in [2.45, 2.75) is 0 Å². The van der Waals surface area contributed by atoms with E-state index in [0.717, 1.165) is 5.56 Å². The number of thiophene rings is 1. The van der Waals surface area contributed by atoms with Crippen LogP contribution < -0.4 is 10.1 Å². The predicted octanol–water partition coefficient (Wildman–Crippen LogP) is 5.42. The number of benzene rings is 2. The largest absolute Gasteiger partial charge is 0.481 e. The van der Waals surface area contributed by atoms with E-state index in [-0.39, 0.29) is 12.5 Å². The van der Waals surface area contributed by atoms with Gasteiger partial charge in [0.2, 0.25) is 0 Å². The lowest BCUT2D eigenvalue weighted by atomic mass is 10.1. The number of rotatable bonds is 6. The fraction of sp³-hybridized carbons (Fsp3) is 0.0870. The van der Waals surface area contributed by atoms with Gasteiger partial charge in [-0.15, -0.1) is 11.3 Å². The Bertz CT molecular complexity index is 1260. The van der Waals surface area contributed by atoms with E-state index in [9.17, 15) is 9.59 Å². The number of methoxy groups -OCH3 is 1. The van der Waals surface area contributed by atoms with Gasteiger partial charge in [-0.05, 0) is 41.8 Å². The van der Waals surface area contributed by atoms with Crippen LogP contribution >= 0.6 is 22.9 Å². The van der Waals surface area contributed by atoms with Gasteiger partial charge in [0.1, 0.15) is 5.75 Å². The van der Waals surface area contributed by atoms with Crippen LogP contribution in [0.1, 0.15) is 9.67 Å². The summed E-state index contributed by atoms with van der Waals surface area (Å²) in [6, 6.07) is 17.9. The molecule has 1 N–H and O–H groups in total. The molecule has 2 aromatic heterocycles. The molecule has 0 radical (unpaired) electrons. The highest BCUT2D eigenvalue weighted by atomic mass is 35.5. The molecule has 2 aromatic carbocycles. The second-order valence-electron chi connectivity index (χ2n) is 6.54. The number of anilines is 1. The average Bonchev–Trinajstić information content (AvgIpc) is 3.32. The molecule has 0 fully saturated rings. The van der Waals surface area contributed by atoms with Crippen LogP contribution in [0.25, 0.3) is 22.2 Å². The Balaban J connectivity index is 1.74. The predicted molar refractivity (Wildman–Crippen MR) is 122 cm³/mol. The van der Waals surface area contributed by atoms with Gasteiger partial charge in [-0.1, -0.05) is 29.8 Å². The van der Waals surface area contributed by atoms with Gasteiger partial charge in [0.15, 0.2) is 6.61 Å². The van der Waals surface area contributed by atoms with Crippen LogP contribution in [0.2, 0.25) is 5.02 Å². The summed E-state index contributed by atoms with van der Waals surface area (Å²) in [4.78, 5) is 29.3. The van der Waals surface area contributed by atoms with Gasteiger partial charge in [-0.25, -0.2) is 9.78 Å². The Hall–Kier alpha value is -3.42. The summed E-state index contributed by atoms with van der Waals surface area (Å²) in [5.74, 6) is -0.260. The fourth-order valence-electron chi connectivity index (χ4n) is 2.98. The highest BCUT2D eigenvalue weighted by Gasteiger charge is 2.13. The highest BCUT2D eigenvalue weighted by molar-refractivity contribution is 7.12. The number of amides is 1. The second-order valence-corrected chi connectivity index (χ2v) is 7.93. The third-order valence-corrected chi connectivity index (χ3v) is 5.57. The van der Waals surface area contributed by atoms with Gasteiger partial charge in [0.05, 0.1) is 23.2 Å². The van der Waals surface area contributed by atoms with Crippen molar-refractivity contribution in [1.29, 1.82) is 0 Å². The first-order valence-electron chi connectivity index (χ1n) is 9.29. The summed E-state index contributed by atoms with van der Waals surface area (Å²) in [6.07, 6.45) is 0. The number of ether oxygens (including phenoxy) is 2. The molecule has 31 heavy (non-hydrogen) atoms. The molecule has 2 heterocycles. The lowest BCUT2D eigenvalue weighted by molar-refractivity contribution is -0.142. The first-order valence-corrected chi connectivity index (χ1v) is 10.5. The number of aromatic nitrogens is 1. The molecule has 0 aliphatic rings. The molecule has 156 valence electrons. The van der Waals surface area contributed by atoms with Crippen LogP contribution in [-0.4, -0.2) is 30.6 Å². The standard InChI is InChI=1S/C23H17ClN2O4S/c1-29-22(27)13-30-20-12-19(14-4-2-5-15(24)10-14)26-18-8-7-16(11-17(18)20)25-23(28)21-6-3-9-31-21/h2-12H,13H2,1H3,(H,25,28). The van der Waals surface area contributed by atoms with Crippen molar-refractivity contribution in [3.63, 3.8) is 0 Å². The van der Waals surface area contributed by atoms with Crippen LogP contribution in [-0.2, 0) is 9.53 Å². The van der Waals surface area contributed by atoms with E-state index in [1.165, 1.54) is 18.4 Å². The lowest BCUT2D eigenvalue weighted by Gasteiger charge is -2.13. The quantitative estimate of drug-likeness (QED) is 0.395. The maximum atomic E-state index is 12.4. The molecule has 0 spiro atoms. The first-order chi connectivity index (χ1) is 15.0. The number of pyridine rings is 1. The van der Waals surface area contributed by atoms with Crippen molar-refractivity contribution in [2.24, 2.45) is 0 Å². The van der Waals surface area contributed by atoms with E-state index in [0.29, 0.717) is 37.9 Å². The third-order valence-electron chi connectivity index (χ3n) is 4.47. The average molecular weight is 453 g/mol. The van der Waals surface area contributed by atoms with Crippen LogP contribution in [0.4, 0.5) is 5.69 Å². The summed E-state index contributed by atoms with van der Waals surface area (Å²) < 4.78 is 10.4. The van der Waals surface area contributed by atoms with E-state index in [4.69, 9.17) is 21.3 Å². The van der Waals surface area contributed by atoms with E-state index >= 15 is 0 Å². The van der Waals surface area contributed by atoms with E-state index in [2.05, 4.69) is 10.1 Å². The summed E-state index contributed by atoms with van der Waals surface area (Å²) in [5.41, 5.74) is 2.69. The minimum absolute atomic E-state index is 0.199. The van der Waals surface area contributed by atoms with Crippen molar-refractivity contribution < 1.29 is 19.1 Å². The van der Waals surface area contributed by atoms with E-state index < -0.39 is 5.97 Å². The van der Waals surface area contributed by atoms with Gasteiger partial charge in [-0.3, -0.25) is 4.79 Å². The molecule has 0 unspecified atom stereocenters. The number of esters is 1. The smallest absolute Gasteiger partial charge is 0.343 e. The molecular formula is C23H17ClN2O4S. The van der Waals surface area contributed by atoms with Gasteiger partial charge in [0.25, 0.3) is 5.91 Å². The lowest BCUT2D eigenvalue weighted by Crippen LogP contribution is -2.13. The van der Waals surface area contributed by atoms with Gasteiger partial charge in [-0.2, -0.15) is 0 Å². The minimum atomic E-state index is -0.503. The topological polar surface area (TPSA) is 77.5 Å². The Morgan fingerprint density at radius 2 is 1.97 bits per heavy atom. The Morgan fingerprint density at radius 1 is 1.10 bits per heavy atom. The number of hydrogen-bond donors (Lipinski definition) is 1. The molecule has 0 aliphatic heterocycles. The zero-order valence-corrected chi connectivity index (χ0v) is 18.0. The van der Waals surface area contributed by atoms with Crippen molar-refractivity contribution in [1.82, 2.24) is 4.98 Å². The first kappa shape index (κ1) is 20.8. The third kappa shape index (κ3) is 4.84. The number of carbonyl (C=O) groups is 2. The molecule has 1 amide bonds. The Labute approximate surface area is 187 Å². The Morgan fingerprint density at radius 3 is 2.71 bits per heavy atom. The zero-order valence-electron chi connectivity index (χ0n) is 16.4. The number of nitrogens with zero attached hydrogens (tertiary/aromatic N) is 1. The molecule has 0 saturated heterocycles. The number of fused-ring (bicyclic) bond motifs is 1. The van der Waals surface area contributed by atoms with Crippen molar-refractivity contribution in [3.8, 4) is 17.0 Å². The summed E-state index contributed by atoms with van der Waals surface area (Å²) >= 11 is 7.49. The number of carbonyl (C=O) groups excluding carboxylic acids is 2. The molecule has 0 saturated carbocycles. The molecular weight excluding hydrogens is 436 g/mol. The van der Waals surface area contributed by atoms with Crippen molar-refractivity contribution in [3.05, 3.63) is 75.9 Å². The molecule has 0 bridgehead atoms. The van der Waals surface area contributed by atoms with Gasteiger partial charge >= 0.3 is 5.97 Å². The molecule has 8 heteroatoms. The SMILES string of the molecule is COC(=O)COc1cc(-c2cccc(Cl)c2)nc2ccc(NC(=O)c3cccs3)cc12. The van der Waals surface area contributed by atoms with Crippen molar-refractivity contribution in [2.75, 3.05) is 19.0 Å². The highest BCUT2D eigenvalue weighted by Crippen LogP contribution is 2.33. The molecule has 4 aromatic rings. The zero-order chi connectivity index (χ0) is 21.8. The normalized spacial score (nSPS) is 10.6. The van der Waals surface area contributed by atoms with Crippen molar-refractivity contribution >= 4 is 51.4 Å². The van der Waals surface area contributed by atoms with Crippen LogP contribution in [0, 0.1) is 0 Å². The monoisotopic (exact) mass is 452 g/mol. The second kappa shape index (κ2) is 9.16. The molecule has 4 rings (SSSR count). The fourth-order valence-corrected chi connectivity index (χ4v) is 3.79. The van der Waals surface area contributed by atoms with E-state index in [1.54, 1.807) is 42.5 Å². The molecule has 0 aliphatic carbocycles. The Kier molecular flexibility index (Phi) is 6.16. The molecule has 0 atom stereocenters. The summed E-state index contributed by atoms with van der Waals surface area (Å²) in [7, 11) is 1.30. The van der Waals surface area contributed by atoms with Gasteiger partial charge < -0.3 is 14.8 Å². The van der Waals surface area contributed by atoms with Crippen LogP contribution in [0.15, 0.2) is 66.0 Å².